The van der Waals surface area contributed by atoms with E-state index in [0.717, 1.165) is 0 Å². The third kappa shape index (κ3) is 2.95. The minimum atomic E-state index is -0.916. The van der Waals surface area contributed by atoms with E-state index in [2.05, 4.69) is 0 Å². The van der Waals surface area contributed by atoms with Crippen LogP contribution >= 0.6 is 23.2 Å². The molecule has 1 aliphatic rings. The molecule has 2 rings (SSSR count). The van der Waals surface area contributed by atoms with Crippen LogP contribution in [-0.4, -0.2) is 42.3 Å². The van der Waals surface area contributed by atoms with Gasteiger partial charge in [0.15, 0.2) is 0 Å². The van der Waals surface area contributed by atoms with Gasteiger partial charge in [0.25, 0.3) is 0 Å². The Labute approximate surface area is 115 Å². The van der Waals surface area contributed by atoms with E-state index in [9.17, 15) is 9.90 Å². The van der Waals surface area contributed by atoms with Crippen molar-refractivity contribution < 1.29 is 14.6 Å². The van der Waals surface area contributed by atoms with Crippen molar-refractivity contribution in [1.82, 2.24) is 4.90 Å². The second kappa shape index (κ2) is 5.89. The lowest BCUT2D eigenvalue weighted by molar-refractivity contribution is -0.145. The highest BCUT2D eigenvalue weighted by Crippen LogP contribution is 2.30. The second-order valence-electron chi connectivity index (χ2n) is 4.05. The second-order valence-corrected chi connectivity index (χ2v) is 4.90. The smallest absolute Gasteiger partial charge is 0.325 e. The van der Waals surface area contributed by atoms with E-state index in [0.29, 0.717) is 41.9 Å². The average Bonchev–Trinajstić information content (AvgIpc) is 2.33. The summed E-state index contributed by atoms with van der Waals surface area (Å²) in [6.45, 7) is 2.23. The molecule has 0 saturated carbocycles. The Morgan fingerprint density at radius 2 is 2.00 bits per heavy atom. The van der Waals surface area contributed by atoms with Gasteiger partial charge in [-0.15, -0.1) is 0 Å². The summed E-state index contributed by atoms with van der Waals surface area (Å²) in [7, 11) is 0. The van der Waals surface area contributed by atoms with Gasteiger partial charge >= 0.3 is 5.97 Å². The van der Waals surface area contributed by atoms with E-state index in [4.69, 9.17) is 27.9 Å². The van der Waals surface area contributed by atoms with Gasteiger partial charge in [0, 0.05) is 23.1 Å². The maximum Gasteiger partial charge on any atom is 0.325 e. The summed E-state index contributed by atoms with van der Waals surface area (Å²) in [6.07, 6.45) is 0. The van der Waals surface area contributed by atoms with Gasteiger partial charge < -0.3 is 9.84 Å². The molecule has 0 amide bonds. The molecule has 1 aromatic rings. The van der Waals surface area contributed by atoms with Gasteiger partial charge in [-0.1, -0.05) is 29.3 Å². The maximum atomic E-state index is 11.5. The van der Waals surface area contributed by atoms with E-state index in [1.54, 1.807) is 18.2 Å². The monoisotopic (exact) mass is 289 g/mol. The molecule has 0 aliphatic carbocycles. The molecule has 0 unspecified atom stereocenters. The van der Waals surface area contributed by atoms with Crippen LogP contribution in [0.3, 0.4) is 0 Å². The van der Waals surface area contributed by atoms with Crippen LogP contribution in [0.2, 0.25) is 10.0 Å². The number of hydrogen-bond donors (Lipinski definition) is 1. The van der Waals surface area contributed by atoms with Crippen LogP contribution < -0.4 is 0 Å². The molecule has 0 aromatic heterocycles. The number of hydrogen-bond acceptors (Lipinski definition) is 3. The molecule has 1 saturated heterocycles. The van der Waals surface area contributed by atoms with E-state index < -0.39 is 12.0 Å². The Morgan fingerprint density at radius 3 is 2.56 bits per heavy atom. The largest absolute Gasteiger partial charge is 0.480 e. The third-order valence-electron chi connectivity index (χ3n) is 2.90. The summed E-state index contributed by atoms with van der Waals surface area (Å²) in [5.74, 6) is -0.916. The van der Waals surface area contributed by atoms with Gasteiger partial charge in [-0.05, 0) is 17.7 Å². The molecular weight excluding hydrogens is 277 g/mol. The number of nitrogens with zero attached hydrogens (tertiary/aromatic N) is 1. The molecule has 1 N–H and O–H groups in total. The third-order valence-corrected chi connectivity index (χ3v) is 3.46. The lowest BCUT2D eigenvalue weighted by Gasteiger charge is -2.32. The van der Waals surface area contributed by atoms with Crippen molar-refractivity contribution in [1.29, 1.82) is 0 Å². The van der Waals surface area contributed by atoms with Gasteiger partial charge in [-0.2, -0.15) is 0 Å². The van der Waals surface area contributed by atoms with Crippen LogP contribution in [0.1, 0.15) is 11.6 Å². The summed E-state index contributed by atoms with van der Waals surface area (Å²) >= 11 is 11.9. The number of aliphatic carboxylic acids is 1. The molecule has 0 spiro atoms. The number of morpholine rings is 1. The number of ether oxygens (including phenoxy) is 1. The van der Waals surface area contributed by atoms with Gasteiger partial charge in [-0.3, -0.25) is 9.69 Å². The van der Waals surface area contributed by atoms with Crippen LogP contribution in [-0.2, 0) is 9.53 Å². The Morgan fingerprint density at radius 1 is 1.33 bits per heavy atom. The van der Waals surface area contributed by atoms with Crippen molar-refractivity contribution in [2.24, 2.45) is 0 Å². The molecule has 6 heteroatoms. The Hall–Kier alpha value is -0.810. The summed E-state index contributed by atoms with van der Waals surface area (Å²) < 4.78 is 5.23. The van der Waals surface area contributed by atoms with Gasteiger partial charge in [-0.25, -0.2) is 0 Å². The molecule has 1 fully saturated rings. The van der Waals surface area contributed by atoms with Gasteiger partial charge in [0.05, 0.1) is 13.2 Å². The van der Waals surface area contributed by atoms with Crippen LogP contribution in [0.25, 0.3) is 0 Å². The highest BCUT2D eigenvalue weighted by atomic mass is 35.5. The molecule has 98 valence electrons. The SMILES string of the molecule is O=C(O)[C@H](c1ccc(Cl)cc1Cl)N1CCOCC1. The van der Waals surface area contributed by atoms with Gasteiger partial charge in [0.2, 0.25) is 0 Å². The number of halogens is 2. The molecule has 4 nitrogen and oxygen atoms in total. The fraction of sp³-hybridized carbons (Fsp3) is 0.417. The number of carbonyl (C=O) groups is 1. The fourth-order valence-corrected chi connectivity index (χ4v) is 2.56. The van der Waals surface area contributed by atoms with E-state index in [1.165, 1.54) is 0 Å². The summed E-state index contributed by atoms with van der Waals surface area (Å²) in [5.41, 5.74) is 0.565. The zero-order chi connectivity index (χ0) is 13.1. The van der Waals surface area contributed by atoms with Crippen molar-refractivity contribution in [3.05, 3.63) is 33.8 Å². The zero-order valence-corrected chi connectivity index (χ0v) is 11.1. The van der Waals surface area contributed by atoms with Crippen LogP contribution in [0, 0.1) is 0 Å². The van der Waals surface area contributed by atoms with Crippen LogP contribution in [0.15, 0.2) is 18.2 Å². The standard InChI is InChI=1S/C12H13Cl2NO3/c13-8-1-2-9(10(14)7-8)11(12(16)17)15-3-5-18-6-4-15/h1-2,7,11H,3-6H2,(H,16,17)/t11-/m0/s1. The number of benzene rings is 1. The van der Waals surface area contributed by atoms with Crippen molar-refractivity contribution in [3.63, 3.8) is 0 Å². The van der Waals surface area contributed by atoms with E-state index >= 15 is 0 Å². The highest BCUT2D eigenvalue weighted by Gasteiger charge is 2.30. The fourth-order valence-electron chi connectivity index (χ4n) is 2.04. The molecule has 18 heavy (non-hydrogen) atoms. The molecule has 1 aliphatic heterocycles. The predicted molar refractivity (Wildman–Crippen MR) is 69.2 cm³/mol. The first-order chi connectivity index (χ1) is 8.59. The Kier molecular flexibility index (Phi) is 4.45. The predicted octanol–water partition coefficient (Wildman–Crippen LogP) is 2.45. The molecule has 1 aromatic carbocycles. The molecule has 0 radical (unpaired) electrons. The lowest BCUT2D eigenvalue weighted by atomic mass is 10.0. The van der Waals surface area contributed by atoms with Crippen molar-refractivity contribution >= 4 is 29.2 Å². The number of rotatable bonds is 3. The Balaban J connectivity index is 2.31. The topological polar surface area (TPSA) is 49.8 Å². The lowest BCUT2D eigenvalue weighted by Crippen LogP contribution is -2.42. The molecule has 1 atom stereocenters. The normalized spacial score (nSPS) is 18.6. The summed E-state index contributed by atoms with van der Waals surface area (Å²) in [4.78, 5) is 13.3. The number of carboxylic acids is 1. The molecular formula is C12H13Cl2NO3. The first kappa shape index (κ1) is 13.6. The zero-order valence-electron chi connectivity index (χ0n) is 9.60. The van der Waals surface area contributed by atoms with Gasteiger partial charge in [0.1, 0.15) is 6.04 Å². The van der Waals surface area contributed by atoms with E-state index in [-0.39, 0.29) is 0 Å². The molecule has 1 heterocycles. The number of carboxylic acid groups (broad SMARTS) is 1. The van der Waals surface area contributed by atoms with Crippen LogP contribution in [0.4, 0.5) is 0 Å². The van der Waals surface area contributed by atoms with Crippen molar-refractivity contribution in [3.8, 4) is 0 Å². The summed E-state index contributed by atoms with van der Waals surface area (Å²) in [6, 6.07) is 4.13. The van der Waals surface area contributed by atoms with Crippen LogP contribution in [0.5, 0.6) is 0 Å². The first-order valence-electron chi connectivity index (χ1n) is 5.59. The average molecular weight is 290 g/mol. The Bertz CT molecular complexity index is 447. The maximum absolute atomic E-state index is 11.5. The highest BCUT2D eigenvalue weighted by molar-refractivity contribution is 6.35. The van der Waals surface area contributed by atoms with Crippen molar-refractivity contribution in [2.45, 2.75) is 6.04 Å². The quantitative estimate of drug-likeness (QED) is 0.929. The summed E-state index contributed by atoms with van der Waals surface area (Å²) in [5, 5.41) is 10.3. The molecule has 0 bridgehead atoms. The first-order valence-corrected chi connectivity index (χ1v) is 6.35. The minimum Gasteiger partial charge on any atom is -0.480 e. The minimum absolute atomic E-state index is 0.376. The van der Waals surface area contributed by atoms with E-state index in [1.807, 2.05) is 4.90 Å². The van der Waals surface area contributed by atoms with Crippen molar-refractivity contribution in [2.75, 3.05) is 26.3 Å².